The molecule has 0 aromatic heterocycles. The molecular formula is C17H15F2NO3S2. The van der Waals surface area contributed by atoms with Crippen molar-refractivity contribution in [2.45, 2.75) is 11.3 Å². The van der Waals surface area contributed by atoms with Gasteiger partial charge in [-0.2, -0.15) is 0 Å². The Hall–Kier alpha value is -1.93. The second kappa shape index (κ2) is 6.76. The van der Waals surface area contributed by atoms with Crippen LogP contribution >= 0.6 is 11.8 Å². The van der Waals surface area contributed by atoms with Crippen LogP contribution in [-0.2, 0) is 16.4 Å². The van der Waals surface area contributed by atoms with Gasteiger partial charge < -0.3 is 0 Å². The van der Waals surface area contributed by atoms with Gasteiger partial charge in [0.25, 0.3) is 0 Å². The van der Waals surface area contributed by atoms with E-state index in [-0.39, 0.29) is 11.5 Å². The van der Waals surface area contributed by atoms with E-state index in [1.807, 2.05) is 0 Å². The second-order valence-electron chi connectivity index (χ2n) is 5.72. The van der Waals surface area contributed by atoms with Gasteiger partial charge in [-0.25, -0.2) is 17.2 Å². The van der Waals surface area contributed by atoms with E-state index in [2.05, 4.69) is 0 Å². The van der Waals surface area contributed by atoms with Crippen LogP contribution in [0.3, 0.4) is 0 Å². The Balaban J connectivity index is 1.72. The first kappa shape index (κ1) is 17.9. The molecule has 2 aromatic carbocycles. The molecule has 0 atom stereocenters. The Kier molecular flexibility index (Phi) is 4.83. The summed E-state index contributed by atoms with van der Waals surface area (Å²) in [6, 6.07) is 8.43. The molecule has 1 heterocycles. The van der Waals surface area contributed by atoms with Gasteiger partial charge in [-0.3, -0.25) is 9.10 Å². The molecule has 0 amide bonds. The van der Waals surface area contributed by atoms with Gasteiger partial charge in [0.15, 0.2) is 17.4 Å². The Morgan fingerprint density at radius 2 is 1.92 bits per heavy atom. The lowest BCUT2D eigenvalue weighted by atomic mass is 10.1. The molecule has 1 aliphatic heterocycles. The van der Waals surface area contributed by atoms with E-state index in [1.54, 1.807) is 18.2 Å². The van der Waals surface area contributed by atoms with E-state index in [1.165, 1.54) is 10.4 Å². The molecule has 1 aliphatic rings. The van der Waals surface area contributed by atoms with Gasteiger partial charge >= 0.3 is 0 Å². The van der Waals surface area contributed by atoms with Crippen LogP contribution in [0.15, 0.2) is 41.3 Å². The summed E-state index contributed by atoms with van der Waals surface area (Å²) >= 11 is 1.12. The summed E-state index contributed by atoms with van der Waals surface area (Å²) in [5.74, 6) is -1.95. The predicted molar refractivity (Wildman–Crippen MR) is 93.7 cm³/mol. The fourth-order valence-electron chi connectivity index (χ4n) is 2.69. The number of fused-ring (bicyclic) bond motifs is 1. The van der Waals surface area contributed by atoms with Gasteiger partial charge in [0, 0.05) is 17.0 Å². The van der Waals surface area contributed by atoms with Crippen molar-refractivity contribution in [3.63, 3.8) is 0 Å². The zero-order chi connectivity index (χ0) is 18.2. The smallest absolute Gasteiger partial charge is 0.232 e. The maximum absolute atomic E-state index is 13.2. The van der Waals surface area contributed by atoms with Crippen molar-refractivity contribution in [1.82, 2.24) is 0 Å². The lowest BCUT2D eigenvalue weighted by Crippen LogP contribution is -2.27. The van der Waals surface area contributed by atoms with Crippen molar-refractivity contribution in [2.75, 3.05) is 22.9 Å². The topological polar surface area (TPSA) is 54.5 Å². The largest absolute Gasteiger partial charge is 0.293 e. The van der Waals surface area contributed by atoms with Crippen LogP contribution in [0.1, 0.15) is 15.9 Å². The van der Waals surface area contributed by atoms with Crippen molar-refractivity contribution < 1.29 is 22.0 Å². The van der Waals surface area contributed by atoms with Gasteiger partial charge in [-0.15, -0.1) is 11.8 Å². The standard InChI is InChI=1S/C17H15F2NO3S2/c1-25(22,23)20-7-6-11-8-12(2-5-16(11)20)17(21)10-24-13-3-4-14(18)15(19)9-13/h2-5,8-9H,6-7,10H2,1H3. The van der Waals surface area contributed by atoms with Gasteiger partial charge in [-0.1, -0.05) is 0 Å². The lowest BCUT2D eigenvalue weighted by Gasteiger charge is -2.16. The molecule has 3 rings (SSSR count). The molecule has 2 aromatic rings. The summed E-state index contributed by atoms with van der Waals surface area (Å²) in [6.45, 7) is 0.370. The fourth-order valence-corrected chi connectivity index (χ4v) is 4.46. The lowest BCUT2D eigenvalue weighted by molar-refractivity contribution is 0.102. The molecule has 0 saturated carbocycles. The molecule has 0 aliphatic carbocycles. The highest BCUT2D eigenvalue weighted by molar-refractivity contribution is 8.00. The van der Waals surface area contributed by atoms with E-state index < -0.39 is 21.7 Å². The first-order valence-corrected chi connectivity index (χ1v) is 10.3. The molecule has 8 heteroatoms. The molecule has 0 radical (unpaired) electrons. The molecule has 0 fully saturated rings. The molecule has 132 valence electrons. The number of Topliss-reactive ketones (excluding diaryl/α,β-unsaturated/α-hetero) is 1. The zero-order valence-corrected chi connectivity index (χ0v) is 15.0. The number of carbonyl (C=O) groups excluding carboxylic acids is 1. The number of sulfonamides is 1. The first-order chi connectivity index (χ1) is 11.8. The van der Waals surface area contributed by atoms with Crippen LogP contribution in [0.2, 0.25) is 0 Å². The van der Waals surface area contributed by atoms with Crippen LogP contribution < -0.4 is 4.31 Å². The number of hydrogen-bond donors (Lipinski definition) is 0. The monoisotopic (exact) mass is 383 g/mol. The summed E-state index contributed by atoms with van der Waals surface area (Å²) in [4.78, 5) is 12.8. The predicted octanol–water partition coefficient (Wildman–Crippen LogP) is 3.26. The number of benzene rings is 2. The SMILES string of the molecule is CS(=O)(=O)N1CCc2cc(C(=O)CSc3ccc(F)c(F)c3)ccc21. The van der Waals surface area contributed by atoms with Crippen molar-refractivity contribution in [3.05, 3.63) is 59.2 Å². The minimum Gasteiger partial charge on any atom is -0.293 e. The number of rotatable bonds is 5. The highest BCUT2D eigenvalue weighted by Crippen LogP contribution is 2.31. The number of thioether (sulfide) groups is 1. The highest BCUT2D eigenvalue weighted by Gasteiger charge is 2.26. The van der Waals surface area contributed by atoms with Crippen LogP contribution in [0.4, 0.5) is 14.5 Å². The normalized spacial score (nSPS) is 13.8. The highest BCUT2D eigenvalue weighted by atomic mass is 32.2. The molecular weight excluding hydrogens is 368 g/mol. The third kappa shape index (κ3) is 3.85. The number of anilines is 1. The summed E-state index contributed by atoms with van der Waals surface area (Å²) in [6.07, 6.45) is 1.71. The number of nitrogens with zero attached hydrogens (tertiary/aromatic N) is 1. The maximum Gasteiger partial charge on any atom is 0.232 e. The Bertz CT molecular complexity index is 945. The zero-order valence-electron chi connectivity index (χ0n) is 13.3. The number of halogens is 2. The molecule has 4 nitrogen and oxygen atoms in total. The fraction of sp³-hybridized carbons (Fsp3) is 0.235. The van der Waals surface area contributed by atoms with Gasteiger partial charge in [0.05, 0.1) is 17.7 Å². The average Bonchev–Trinajstić information content (AvgIpc) is 2.99. The molecule has 0 bridgehead atoms. The van der Waals surface area contributed by atoms with Crippen LogP contribution in [-0.4, -0.2) is 32.8 Å². The van der Waals surface area contributed by atoms with E-state index in [0.717, 1.165) is 35.7 Å². The summed E-state index contributed by atoms with van der Waals surface area (Å²) in [5.41, 5.74) is 1.89. The Labute approximate surface area is 148 Å². The van der Waals surface area contributed by atoms with E-state index in [0.29, 0.717) is 29.1 Å². The van der Waals surface area contributed by atoms with Crippen LogP contribution in [0, 0.1) is 11.6 Å². The van der Waals surface area contributed by atoms with Crippen molar-refractivity contribution in [2.24, 2.45) is 0 Å². The van der Waals surface area contributed by atoms with Crippen molar-refractivity contribution in [1.29, 1.82) is 0 Å². The third-order valence-electron chi connectivity index (χ3n) is 3.92. The van der Waals surface area contributed by atoms with Gasteiger partial charge in [0.2, 0.25) is 10.0 Å². The van der Waals surface area contributed by atoms with E-state index in [4.69, 9.17) is 0 Å². The summed E-state index contributed by atoms with van der Waals surface area (Å²) < 4.78 is 50.9. The first-order valence-electron chi connectivity index (χ1n) is 7.47. The molecule has 25 heavy (non-hydrogen) atoms. The van der Waals surface area contributed by atoms with Crippen LogP contribution in [0.25, 0.3) is 0 Å². The van der Waals surface area contributed by atoms with Crippen molar-refractivity contribution in [3.8, 4) is 0 Å². The maximum atomic E-state index is 13.2. The third-order valence-corrected chi connectivity index (χ3v) is 6.09. The van der Waals surface area contributed by atoms with Crippen molar-refractivity contribution >= 4 is 33.3 Å². The Morgan fingerprint density at radius 3 is 2.60 bits per heavy atom. The van der Waals surface area contributed by atoms with Gasteiger partial charge in [-0.05, 0) is 48.4 Å². The van der Waals surface area contributed by atoms with Gasteiger partial charge in [0.1, 0.15) is 0 Å². The van der Waals surface area contributed by atoms with E-state index >= 15 is 0 Å². The van der Waals surface area contributed by atoms with Crippen LogP contribution in [0.5, 0.6) is 0 Å². The summed E-state index contributed by atoms with van der Waals surface area (Å²) in [5, 5.41) is 0. The number of hydrogen-bond acceptors (Lipinski definition) is 4. The number of ketones is 1. The Morgan fingerprint density at radius 1 is 1.16 bits per heavy atom. The number of carbonyl (C=O) groups is 1. The quantitative estimate of drug-likeness (QED) is 0.587. The summed E-state index contributed by atoms with van der Waals surface area (Å²) in [7, 11) is -3.32. The minimum absolute atomic E-state index is 0.0830. The minimum atomic E-state index is -3.32. The molecule has 0 unspecified atom stereocenters. The molecule has 0 saturated heterocycles. The molecule has 0 spiro atoms. The molecule has 0 N–H and O–H groups in total. The second-order valence-corrected chi connectivity index (χ2v) is 8.67. The average molecular weight is 383 g/mol. The van der Waals surface area contributed by atoms with E-state index in [9.17, 15) is 22.0 Å².